The third-order valence-electron chi connectivity index (χ3n) is 4.63. The van der Waals surface area contributed by atoms with Gasteiger partial charge in [0.15, 0.2) is 0 Å². The molecule has 0 N–H and O–H groups in total. The van der Waals surface area contributed by atoms with Crippen molar-refractivity contribution in [1.82, 2.24) is 9.38 Å². The maximum atomic E-state index is 13.1. The second-order valence-corrected chi connectivity index (χ2v) is 6.86. The first-order valence-electron chi connectivity index (χ1n) is 8.96. The maximum Gasteiger partial charge on any atom is 0.340 e. The Balaban J connectivity index is 1.93. The van der Waals surface area contributed by atoms with E-state index in [2.05, 4.69) is 4.98 Å². The second-order valence-electron chi connectivity index (χ2n) is 6.42. The minimum atomic E-state index is -0.569. The Kier molecular flexibility index (Phi) is 4.93. The molecule has 4 rings (SSSR count). The lowest BCUT2D eigenvalue weighted by molar-refractivity contribution is -0.384. The van der Waals surface area contributed by atoms with Crippen LogP contribution < -0.4 is 0 Å². The molecule has 4 aromatic rings. The predicted molar refractivity (Wildman–Crippen MR) is 110 cm³/mol. The van der Waals surface area contributed by atoms with Crippen LogP contribution in [-0.2, 0) is 4.74 Å². The molecule has 0 amide bonds. The molecule has 0 spiro atoms. The van der Waals surface area contributed by atoms with Crippen molar-refractivity contribution in [3.63, 3.8) is 0 Å². The second kappa shape index (κ2) is 7.57. The number of fused-ring (bicyclic) bond motifs is 3. The number of rotatable bonds is 5. The average molecular weight is 424 g/mol. The summed E-state index contributed by atoms with van der Waals surface area (Å²) in [5.74, 6) is -0.981. The van der Waals surface area contributed by atoms with E-state index in [0.717, 1.165) is 0 Å². The number of carbonyl (C=O) groups excluding carboxylic acids is 2. The van der Waals surface area contributed by atoms with Gasteiger partial charge in [-0.05, 0) is 43.3 Å². The number of nitrogens with zero attached hydrogens (tertiary/aromatic N) is 3. The normalized spacial score (nSPS) is 11.0. The molecule has 0 atom stereocenters. The SMILES string of the molecule is CCOC(=O)c1cc(C(=O)c2ccc([N+](=O)[O-])cc2)n2cnc3cc(Cl)ccc3c12. The van der Waals surface area contributed by atoms with Crippen LogP contribution in [0.2, 0.25) is 5.02 Å². The zero-order valence-corrected chi connectivity index (χ0v) is 16.4. The Morgan fingerprint density at radius 2 is 1.90 bits per heavy atom. The molecule has 0 aliphatic rings. The van der Waals surface area contributed by atoms with Gasteiger partial charge in [-0.2, -0.15) is 0 Å². The van der Waals surface area contributed by atoms with Gasteiger partial charge in [0, 0.05) is 28.1 Å². The summed E-state index contributed by atoms with van der Waals surface area (Å²) < 4.78 is 6.68. The molecule has 0 unspecified atom stereocenters. The molecule has 9 heteroatoms. The molecule has 30 heavy (non-hydrogen) atoms. The Labute approximate surface area is 174 Å². The van der Waals surface area contributed by atoms with Crippen molar-refractivity contribution in [3.8, 4) is 0 Å². The van der Waals surface area contributed by atoms with Crippen LogP contribution in [0.25, 0.3) is 16.4 Å². The van der Waals surface area contributed by atoms with E-state index in [9.17, 15) is 19.7 Å². The quantitative estimate of drug-likeness (QED) is 0.203. The Hall–Kier alpha value is -3.78. The average Bonchev–Trinajstić information content (AvgIpc) is 3.13. The van der Waals surface area contributed by atoms with Gasteiger partial charge >= 0.3 is 5.97 Å². The van der Waals surface area contributed by atoms with Gasteiger partial charge in [0.05, 0.1) is 33.8 Å². The lowest BCUT2D eigenvalue weighted by atomic mass is 10.1. The van der Waals surface area contributed by atoms with Crippen LogP contribution in [0.5, 0.6) is 0 Å². The lowest BCUT2D eigenvalue weighted by Gasteiger charge is -2.06. The molecule has 0 bridgehead atoms. The van der Waals surface area contributed by atoms with E-state index in [4.69, 9.17) is 16.3 Å². The molecular weight excluding hydrogens is 410 g/mol. The highest BCUT2D eigenvalue weighted by Crippen LogP contribution is 2.29. The van der Waals surface area contributed by atoms with Crippen LogP contribution in [0.15, 0.2) is 54.9 Å². The molecule has 0 saturated carbocycles. The maximum absolute atomic E-state index is 13.1. The molecule has 0 radical (unpaired) electrons. The van der Waals surface area contributed by atoms with E-state index in [1.165, 1.54) is 41.1 Å². The number of carbonyl (C=O) groups is 2. The lowest BCUT2D eigenvalue weighted by Crippen LogP contribution is -2.06. The molecule has 2 heterocycles. The van der Waals surface area contributed by atoms with E-state index in [1.807, 2.05) is 0 Å². The Morgan fingerprint density at radius 3 is 2.57 bits per heavy atom. The van der Waals surface area contributed by atoms with Crippen molar-refractivity contribution in [2.75, 3.05) is 6.61 Å². The summed E-state index contributed by atoms with van der Waals surface area (Å²) in [6.45, 7) is 1.87. The standard InChI is InChI=1S/C21H14ClN3O5/c1-2-30-21(27)16-10-18(20(26)12-3-6-14(7-4-12)25(28)29)24-11-23-17-9-13(22)5-8-15(17)19(16)24/h3-11H,2H2,1H3. The van der Waals surface area contributed by atoms with E-state index >= 15 is 0 Å². The highest BCUT2D eigenvalue weighted by Gasteiger charge is 2.23. The van der Waals surface area contributed by atoms with Gasteiger partial charge in [-0.15, -0.1) is 0 Å². The number of non-ortho nitro benzene ring substituents is 1. The molecule has 150 valence electrons. The number of nitro groups is 1. The van der Waals surface area contributed by atoms with Gasteiger partial charge in [0.25, 0.3) is 5.69 Å². The van der Waals surface area contributed by atoms with Crippen molar-refractivity contribution in [1.29, 1.82) is 0 Å². The zero-order chi connectivity index (χ0) is 21.4. The topological polar surface area (TPSA) is 104 Å². The predicted octanol–water partition coefficient (Wildman–Crippen LogP) is 4.46. The molecule has 0 aliphatic carbocycles. The summed E-state index contributed by atoms with van der Waals surface area (Å²) >= 11 is 6.05. The third kappa shape index (κ3) is 3.27. The minimum absolute atomic E-state index is 0.122. The van der Waals surface area contributed by atoms with Gasteiger partial charge in [0.1, 0.15) is 6.33 Å². The molecule has 0 saturated heterocycles. The van der Waals surface area contributed by atoms with Crippen LogP contribution in [0.3, 0.4) is 0 Å². The number of hydrogen-bond donors (Lipinski definition) is 0. The minimum Gasteiger partial charge on any atom is -0.462 e. The summed E-state index contributed by atoms with van der Waals surface area (Å²) in [7, 11) is 0. The van der Waals surface area contributed by atoms with Gasteiger partial charge in [-0.3, -0.25) is 19.3 Å². The van der Waals surface area contributed by atoms with Crippen molar-refractivity contribution < 1.29 is 19.2 Å². The number of esters is 1. The van der Waals surface area contributed by atoms with E-state index in [-0.39, 0.29) is 29.1 Å². The van der Waals surface area contributed by atoms with Crippen molar-refractivity contribution in [2.24, 2.45) is 0 Å². The fraction of sp³-hybridized carbons (Fsp3) is 0.0952. The van der Waals surface area contributed by atoms with Gasteiger partial charge in [-0.1, -0.05) is 11.6 Å². The fourth-order valence-corrected chi connectivity index (χ4v) is 3.44. The largest absolute Gasteiger partial charge is 0.462 e. The first-order chi connectivity index (χ1) is 14.4. The van der Waals surface area contributed by atoms with Crippen LogP contribution in [0.4, 0.5) is 5.69 Å². The zero-order valence-electron chi connectivity index (χ0n) is 15.7. The number of hydrogen-bond acceptors (Lipinski definition) is 6. The number of benzene rings is 2. The summed E-state index contributed by atoms with van der Waals surface area (Å²) in [4.78, 5) is 40.4. The van der Waals surface area contributed by atoms with E-state index in [1.54, 1.807) is 25.1 Å². The first-order valence-corrected chi connectivity index (χ1v) is 9.34. The van der Waals surface area contributed by atoms with Crippen LogP contribution in [-0.4, -0.2) is 32.7 Å². The highest BCUT2D eigenvalue weighted by molar-refractivity contribution is 6.31. The molecule has 2 aromatic heterocycles. The molecule has 2 aromatic carbocycles. The van der Waals surface area contributed by atoms with E-state index < -0.39 is 16.7 Å². The number of aromatic nitrogens is 2. The first kappa shape index (κ1) is 19.5. The third-order valence-corrected chi connectivity index (χ3v) is 4.87. The molecule has 0 aliphatic heterocycles. The number of ketones is 1. The van der Waals surface area contributed by atoms with E-state index in [0.29, 0.717) is 21.4 Å². The highest BCUT2D eigenvalue weighted by atomic mass is 35.5. The summed E-state index contributed by atoms with van der Waals surface area (Å²) in [6, 6.07) is 11.8. The molecular formula is C21H14ClN3O5. The van der Waals surface area contributed by atoms with Gasteiger partial charge in [-0.25, -0.2) is 9.78 Å². The van der Waals surface area contributed by atoms with Gasteiger partial charge in [0.2, 0.25) is 5.78 Å². The van der Waals surface area contributed by atoms with Crippen molar-refractivity contribution in [3.05, 3.63) is 86.8 Å². The number of nitro benzene ring substituents is 1. The summed E-state index contributed by atoms with van der Waals surface area (Å²) in [6.07, 6.45) is 1.44. The van der Waals surface area contributed by atoms with Crippen LogP contribution >= 0.6 is 11.6 Å². The fourth-order valence-electron chi connectivity index (χ4n) is 3.27. The van der Waals surface area contributed by atoms with Crippen LogP contribution in [0, 0.1) is 10.1 Å². The number of ether oxygens (including phenoxy) is 1. The summed E-state index contributed by atoms with van der Waals surface area (Å²) in [5, 5.41) is 12.0. The Morgan fingerprint density at radius 1 is 1.17 bits per heavy atom. The summed E-state index contributed by atoms with van der Waals surface area (Å²) in [5.41, 5.74) is 1.56. The van der Waals surface area contributed by atoms with Crippen LogP contribution in [0.1, 0.15) is 33.3 Å². The number of halogens is 1. The van der Waals surface area contributed by atoms with Gasteiger partial charge < -0.3 is 4.74 Å². The van der Waals surface area contributed by atoms with Crippen molar-refractivity contribution >= 4 is 45.5 Å². The monoisotopic (exact) mass is 423 g/mol. The molecule has 0 fully saturated rings. The Bertz CT molecular complexity index is 1330. The molecule has 8 nitrogen and oxygen atoms in total. The van der Waals surface area contributed by atoms with Crippen molar-refractivity contribution in [2.45, 2.75) is 6.92 Å². The smallest absolute Gasteiger partial charge is 0.340 e.